The number of hydrogen-bond acceptors (Lipinski definition) is 8. The predicted octanol–water partition coefficient (Wildman–Crippen LogP) is 5.81. The van der Waals surface area contributed by atoms with Crippen LogP contribution in [0.1, 0.15) is 41.1 Å². The summed E-state index contributed by atoms with van der Waals surface area (Å²) in [6, 6.07) is 13.2. The van der Waals surface area contributed by atoms with Crippen molar-refractivity contribution in [3.63, 3.8) is 0 Å². The van der Waals surface area contributed by atoms with Crippen LogP contribution in [-0.4, -0.2) is 71.4 Å². The van der Waals surface area contributed by atoms with E-state index in [-0.39, 0.29) is 30.4 Å². The second-order valence-electron chi connectivity index (χ2n) is 10.9. The van der Waals surface area contributed by atoms with Gasteiger partial charge in [-0.2, -0.15) is 4.98 Å². The molecule has 2 aromatic heterocycles. The van der Waals surface area contributed by atoms with Gasteiger partial charge in [-0.1, -0.05) is 23.7 Å². The van der Waals surface area contributed by atoms with Gasteiger partial charge in [0.05, 0.1) is 49.0 Å². The van der Waals surface area contributed by atoms with E-state index in [1.54, 1.807) is 30.3 Å². The zero-order chi connectivity index (χ0) is 30.8. The van der Waals surface area contributed by atoms with Gasteiger partial charge in [0, 0.05) is 49.4 Å². The van der Waals surface area contributed by atoms with Gasteiger partial charge in [0.15, 0.2) is 5.69 Å². The maximum absolute atomic E-state index is 14.3. The van der Waals surface area contributed by atoms with E-state index < -0.39 is 5.82 Å². The first kappa shape index (κ1) is 29.8. The summed E-state index contributed by atoms with van der Waals surface area (Å²) >= 11 is 6.42. The molecule has 0 aliphatic carbocycles. The number of ether oxygens (including phenoxy) is 3. The monoisotopic (exact) mass is 618 g/mol. The second-order valence-corrected chi connectivity index (χ2v) is 11.4. The standard InChI is InChI=1S/C32H32ClFN6O4/c1-20(31-36-27-7-5-21(32(41)42-3)14-28(27)40(31)18-25-8-13-43-25)38-9-11-39(12-10-38)29-15-23(33)16-30(37-29)44-19-22-4-6-24(35-2)17-26(22)34/h4-7,14-17,20,25H,8-13,18-19H2,1,3H3/t20-,25?/m0/s1. The normalized spacial score (nSPS) is 17.6. The van der Waals surface area contributed by atoms with E-state index in [0.717, 1.165) is 43.0 Å². The molecule has 2 atom stereocenters. The van der Waals surface area contributed by atoms with Crippen molar-refractivity contribution in [3.05, 3.63) is 87.7 Å². The topological polar surface area (TPSA) is 86.3 Å². The third-order valence-corrected chi connectivity index (χ3v) is 8.45. The Morgan fingerprint density at radius 1 is 1.16 bits per heavy atom. The number of carbonyl (C=O) groups is 1. The van der Waals surface area contributed by atoms with Crippen LogP contribution in [0.15, 0.2) is 48.5 Å². The minimum Gasteiger partial charge on any atom is -0.473 e. The Labute approximate surface area is 259 Å². The van der Waals surface area contributed by atoms with Crippen molar-refractivity contribution in [1.82, 2.24) is 19.4 Å². The third kappa shape index (κ3) is 6.19. The summed E-state index contributed by atoms with van der Waals surface area (Å²) in [6.07, 6.45) is 1.11. The smallest absolute Gasteiger partial charge is 0.337 e. The average molecular weight is 619 g/mol. The molecule has 12 heteroatoms. The van der Waals surface area contributed by atoms with E-state index in [1.807, 2.05) is 12.1 Å². The SMILES string of the molecule is [C-]#[N+]c1ccc(COc2cc(Cl)cc(N3CCN([C@@H](C)c4nc5ccc(C(=O)OC)cc5n4CC4CCO4)CC3)n2)c(F)c1. The molecule has 2 aliphatic rings. The first-order chi connectivity index (χ1) is 21.3. The molecule has 2 fully saturated rings. The molecule has 2 aliphatic heterocycles. The van der Waals surface area contributed by atoms with Gasteiger partial charge in [-0.3, -0.25) is 4.90 Å². The number of esters is 1. The number of aromatic nitrogens is 3. The first-order valence-electron chi connectivity index (χ1n) is 14.5. The van der Waals surface area contributed by atoms with Crippen molar-refractivity contribution in [3.8, 4) is 5.88 Å². The Bertz CT molecular complexity index is 1730. The fourth-order valence-corrected chi connectivity index (χ4v) is 5.79. The van der Waals surface area contributed by atoms with Gasteiger partial charge in [0.1, 0.15) is 24.1 Å². The number of benzene rings is 2. The number of nitrogens with zero attached hydrogens (tertiary/aromatic N) is 6. The molecule has 228 valence electrons. The van der Waals surface area contributed by atoms with Crippen molar-refractivity contribution in [1.29, 1.82) is 0 Å². The minimum atomic E-state index is -0.497. The molecule has 4 heterocycles. The minimum absolute atomic E-state index is 0.0153. The van der Waals surface area contributed by atoms with Crippen LogP contribution in [0.5, 0.6) is 5.88 Å². The fourth-order valence-electron chi connectivity index (χ4n) is 5.60. The summed E-state index contributed by atoms with van der Waals surface area (Å²) in [5.41, 5.74) is 2.78. The number of hydrogen-bond donors (Lipinski definition) is 0. The van der Waals surface area contributed by atoms with Gasteiger partial charge < -0.3 is 23.7 Å². The summed E-state index contributed by atoms with van der Waals surface area (Å²) in [7, 11) is 1.38. The number of methoxy groups -OCH3 is 1. The number of fused-ring (bicyclic) bond motifs is 1. The maximum atomic E-state index is 14.3. The van der Waals surface area contributed by atoms with Gasteiger partial charge in [0.25, 0.3) is 0 Å². The molecule has 0 spiro atoms. The Hall–Kier alpha value is -4.24. The molecule has 10 nitrogen and oxygen atoms in total. The average Bonchev–Trinajstić information content (AvgIpc) is 3.38. The number of anilines is 1. The lowest BCUT2D eigenvalue weighted by atomic mass is 10.1. The highest BCUT2D eigenvalue weighted by Crippen LogP contribution is 2.30. The summed E-state index contributed by atoms with van der Waals surface area (Å²) in [5.74, 6) is 1.04. The first-order valence-corrected chi connectivity index (χ1v) is 14.9. The number of carbonyl (C=O) groups excluding carboxylic acids is 1. The Balaban J connectivity index is 1.15. The molecule has 0 amide bonds. The zero-order valence-corrected chi connectivity index (χ0v) is 25.3. The van der Waals surface area contributed by atoms with Crippen LogP contribution in [-0.2, 0) is 22.6 Å². The van der Waals surface area contributed by atoms with Crippen molar-refractivity contribution in [2.24, 2.45) is 0 Å². The fraction of sp³-hybridized carbons (Fsp3) is 0.375. The van der Waals surface area contributed by atoms with Crippen LogP contribution >= 0.6 is 11.6 Å². The van der Waals surface area contributed by atoms with Gasteiger partial charge >= 0.3 is 5.97 Å². The summed E-state index contributed by atoms with van der Waals surface area (Å²) in [6.45, 7) is 13.5. The quantitative estimate of drug-likeness (QED) is 0.172. The van der Waals surface area contributed by atoms with Crippen LogP contribution in [0.4, 0.5) is 15.9 Å². The largest absolute Gasteiger partial charge is 0.473 e. The Morgan fingerprint density at radius 3 is 2.64 bits per heavy atom. The molecule has 2 saturated heterocycles. The number of imidazole rings is 1. The van der Waals surface area contributed by atoms with Crippen LogP contribution in [0.3, 0.4) is 0 Å². The molecule has 44 heavy (non-hydrogen) atoms. The molecular formula is C32H32ClFN6O4. The zero-order valence-electron chi connectivity index (χ0n) is 24.5. The third-order valence-electron chi connectivity index (χ3n) is 8.23. The lowest BCUT2D eigenvalue weighted by Crippen LogP contribution is -2.48. The molecule has 4 aromatic rings. The summed E-state index contributed by atoms with van der Waals surface area (Å²) in [5, 5.41) is 0.475. The van der Waals surface area contributed by atoms with E-state index >= 15 is 0 Å². The summed E-state index contributed by atoms with van der Waals surface area (Å²) < 4.78 is 33.0. The highest BCUT2D eigenvalue weighted by atomic mass is 35.5. The molecule has 0 radical (unpaired) electrons. The lowest BCUT2D eigenvalue weighted by Gasteiger charge is -2.38. The van der Waals surface area contributed by atoms with Crippen LogP contribution in [0, 0.1) is 12.4 Å². The van der Waals surface area contributed by atoms with E-state index in [4.69, 9.17) is 37.4 Å². The number of piperazine rings is 1. The van der Waals surface area contributed by atoms with E-state index in [0.29, 0.717) is 47.5 Å². The summed E-state index contributed by atoms with van der Waals surface area (Å²) in [4.78, 5) is 29.7. The maximum Gasteiger partial charge on any atom is 0.337 e. The highest BCUT2D eigenvalue weighted by Gasteiger charge is 2.29. The van der Waals surface area contributed by atoms with Gasteiger partial charge in [0.2, 0.25) is 5.88 Å². The lowest BCUT2D eigenvalue weighted by molar-refractivity contribution is -0.0594. The van der Waals surface area contributed by atoms with Crippen molar-refractivity contribution in [2.75, 3.05) is 44.8 Å². The Morgan fingerprint density at radius 2 is 1.95 bits per heavy atom. The van der Waals surface area contributed by atoms with Gasteiger partial charge in [-0.25, -0.2) is 19.0 Å². The molecule has 0 bridgehead atoms. The van der Waals surface area contributed by atoms with E-state index in [2.05, 4.69) is 31.1 Å². The van der Waals surface area contributed by atoms with Gasteiger partial charge in [-0.05, 0) is 43.7 Å². The van der Waals surface area contributed by atoms with Crippen LogP contribution in [0.2, 0.25) is 5.02 Å². The second kappa shape index (κ2) is 12.8. The molecule has 0 saturated carbocycles. The number of halogens is 2. The molecular weight excluding hydrogens is 587 g/mol. The van der Waals surface area contributed by atoms with Crippen molar-refractivity contribution < 1.29 is 23.4 Å². The van der Waals surface area contributed by atoms with E-state index in [9.17, 15) is 9.18 Å². The predicted molar refractivity (Wildman–Crippen MR) is 164 cm³/mol. The van der Waals surface area contributed by atoms with Crippen molar-refractivity contribution in [2.45, 2.75) is 38.6 Å². The molecule has 6 rings (SSSR count). The van der Waals surface area contributed by atoms with Crippen LogP contribution < -0.4 is 9.64 Å². The molecule has 0 N–H and O–H groups in total. The molecule has 1 unspecified atom stereocenters. The Kier molecular flexibility index (Phi) is 8.66. The van der Waals surface area contributed by atoms with E-state index in [1.165, 1.54) is 13.2 Å². The number of pyridine rings is 1. The molecule has 2 aromatic carbocycles. The van der Waals surface area contributed by atoms with Crippen molar-refractivity contribution >= 4 is 40.1 Å². The number of rotatable bonds is 9. The highest BCUT2D eigenvalue weighted by molar-refractivity contribution is 6.30. The van der Waals surface area contributed by atoms with Gasteiger partial charge in [-0.15, -0.1) is 0 Å². The van der Waals surface area contributed by atoms with Crippen LogP contribution in [0.25, 0.3) is 15.9 Å².